The van der Waals surface area contributed by atoms with E-state index in [9.17, 15) is 4.79 Å². The summed E-state index contributed by atoms with van der Waals surface area (Å²) >= 11 is 3.44. The average molecular weight is 309 g/mol. The molecule has 1 spiro atoms. The predicted octanol–water partition coefficient (Wildman–Crippen LogP) is 3.76. The first-order valence-electron chi connectivity index (χ1n) is 6.55. The number of hydrogen-bond acceptors (Lipinski definition) is 2. The molecule has 96 valence electrons. The number of carbonyl (C=O) groups is 1. The summed E-state index contributed by atoms with van der Waals surface area (Å²) < 4.78 is 0.989. The highest BCUT2D eigenvalue weighted by molar-refractivity contribution is 9.10. The van der Waals surface area contributed by atoms with Gasteiger partial charge < -0.3 is 10.6 Å². The van der Waals surface area contributed by atoms with Crippen molar-refractivity contribution in [3.63, 3.8) is 0 Å². The number of halogens is 1. The van der Waals surface area contributed by atoms with Crippen molar-refractivity contribution in [2.24, 2.45) is 5.41 Å². The van der Waals surface area contributed by atoms with Gasteiger partial charge in [0, 0.05) is 11.0 Å². The lowest BCUT2D eigenvalue weighted by Gasteiger charge is -2.34. The van der Waals surface area contributed by atoms with Crippen LogP contribution in [-0.2, 0) is 4.79 Å². The second kappa shape index (κ2) is 4.57. The van der Waals surface area contributed by atoms with Gasteiger partial charge in [0.1, 0.15) is 0 Å². The molecule has 0 aromatic heterocycles. The van der Waals surface area contributed by atoms with Gasteiger partial charge in [0.2, 0.25) is 5.91 Å². The van der Waals surface area contributed by atoms with Crippen molar-refractivity contribution in [2.75, 3.05) is 17.2 Å². The van der Waals surface area contributed by atoms with Crippen molar-refractivity contribution in [2.45, 2.75) is 32.1 Å². The number of hydrogen-bond donors (Lipinski definition) is 2. The molecule has 1 aromatic carbocycles. The van der Waals surface area contributed by atoms with Crippen molar-refractivity contribution in [1.29, 1.82) is 0 Å². The van der Waals surface area contributed by atoms with Crippen LogP contribution in [-0.4, -0.2) is 12.5 Å². The Labute approximate surface area is 115 Å². The molecule has 0 atom stereocenters. The highest BCUT2D eigenvalue weighted by Gasteiger charge is 2.41. The van der Waals surface area contributed by atoms with Gasteiger partial charge in [-0.3, -0.25) is 4.79 Å². The SMILES string of the molecule is O=C1Nc2cc(Br)ccc2NCC12CCCCC2. The van der Waals surface area contributed by atoms with Crippen LogP contribution in [0, 0.1) is 5.41 Å². The van der Waals surface area contributed by atoms with E-state index in [1.54, 1.807) is 0 Å². The maximum atomic E-state index is 12.5. The van der Waals surface area contributed by atoms with Gasteiger partial charge in [0.25, 0.3) is 0 Å². The second-order valence-corrected chi connectivity index (χ2v) is 6.25. The average Bonchev–Trinajstić information content (AvgIpc) is 2.50. The molecule has 2 aliphatic rings. The topological polar surface area (TPSA) is 41.1 Å². The first kappa shape index (κ1) is 12.0. The van der Waals surface area contributed by atoms with Crippen molar-refractivity contribution in [1.82, 2.24) is 0 Å². The minimum Gasteiger partial charge on any atom is -0.382 e. The van der Waals surface area contributed by atoms with E-state index in [1.807, 2.05) is 18.2 Å². The van der Waals surface area contributed by atoms with E-state index in [1.165, 1.54) is 6.42 Å². The Kier molecular flexibility index (Phi) is 3.06. The summed E-state index contributed by atoms with van der Waals surface area (Å²) in [7, 11) is 0. The monoisotopic (exact) mass is 308 g/mol. The van der Waals surface area contributed by atoms with Crippen LogP contribution >= 0.6 is 15.9 Å². The molecule has 0 radical (unpaired) electrons. The van der Waals surface area contributed by atoms with Gasteiger partial charge >= 0.3 is 0 Å². The van der Waals surface area contributed by atoms with Crippen molar-refractivity contribution in [3.05, 3.63) is 22.7 Å². The van der Waals surface area contributed by atoms with E-state index in [-0.39, 0.29) is 11.3 Å². The van der Waals surface area contributed by atoms with E-state index in [0.717, 1.165) is 48.1 Å². The number of rotatable bonds is 0. The van der Waals surface area contributed by atoms with Gasteiger partial charge in [-0.2, -0.15) is 0 Å². The molecule has 0 bridgehead atoms. The first-order chi connectivity index (χ1) is 8.70. The molecule has 1 saturated carbocycles. The zero-order valence-corrected chi connectivity index (χ0v) is 11.8. The first-order valence-corrected chi connectivity index (χ1v) is 7.34. The molecule has 18 heavy (non-hydrogen) atoms. The lowest BCUT2D eigenvalue weighted by atomic mass is 9.73. The molecule has 1 fully saturated rings. The highest BCUT2D eigenvalue weighted by Crippen LogP contribution is 2.41. The van der Waals surface area contributed by atoms with Crippen molar-refractivity contribution >= 4 is 33.2 Å². The molecule has 1 aliphatic carbocycles. The van der Waals surface area contributed by atoms with Crippen LogP contribution in [0.25, 0.3) is 0 Å². The Morgan fingerprint density at radius 1 is 1.11 bits per heavy atom. The zero-order valence-electron chi connectivity index (χ0n) is 10.3. The molecule has 1 amide bonds. The molecule has 2 N–H and O–H groups in total. The van der Waals surface area contributed by atoms with Gasteiger partial charge in [0.05, 0.1) is 16.8 Å². The lowest BCUT2D eigenvalue weighted by Crippen LogP contribution is -2.41. The number of benzene rings is 1. The Hall–Kier alpha value is -1.03. The summed E-state index contributed by atoms with van der Waals surface area (Å²) in [4.78, 5) is 12.5. The molecule has 0 unspecified atom stereocenters. The molecule has 3 nitrogen and oxygen atoms in total. The van der Waals surface area contributed by atoms with Crippen LogP contribution in [0.2, 0.25) is 0 Å². The summed E-state index contributed by atoms with van der Waals surface area (Å²) in [6, 6.07) is 5.97. The van der Waals surface area contributed by atoms with Gasteiger partial charge in [-0.25, -0.2) is 0 Å². The van der Waals surface area contributed by atoms with Crippen LogP contribution in [0.15, 0.2) is 22.7 Å². The third-order valence-corrected chi connectivity index (χ3v) is 4.63. The quantitative estimate of drug-likeness (QED) is 0.766. The minimum atomic E-state index is -0.205. The van der Waals surface area contributed by atoms with E-state index >= 15 is 0 Å². The Balaban J connectivity index is 1.92. The molecule has 4 heteroatoms. The number of fused-ring (bicyclic) bond motifs is 1. The molecule has 0 saturated heterocycles. The lowest BCUT2D eigenvalue weighted by molar-refractivity contribution is -0.126. The number of carbonyl (C=O) groups excluding carboxylic acids is 1. The summed E-state index contributed by atoms with van der Waals surface area (Å²) in [5, 5.41) is 6.53. The van der Waals surface area contributed by atoms with Gasteiger partial charge in [0.15, 0.2) is 0 Å². The zero-order chi connectivity index (χ0) is 12.6. The molecule has 1 aliphatic heterocycles. The third-order valence-electron chi connectivity index (χ3n) is 4.14. The highest BCUT2D eigenvalue weighted by atomic mass is 79.9. The van der Waals surface area contributed by atoms with Gasteiger partial charge in [-0.1, -0.05) is 35.2 Å². The molecular formula is C14H17BrN2O. The largest absolute Gasteiger partial charge is 0.382 e. The van der Waals surface area contributed by atoms with E-state index in [2.05, 4.69) is 26.6 Å². The van der Waals surface area contributed by atoms with Crippen molar-refractivity contribution < 1.29 is 4.79 Å². The van der Waals surface area contributed by atoms with E-state index in [4.69, 9.17) is 0 Å². The smallest absolute Gasteiger partial charge is 0.232 e. The molecular weight excluding hydrogens is 292 g/mol. The third kappa shape index (κ3) is 2.03. The second-order valence-electron chi connectivity index (χ2n) is 5.34. The molecule has 1 aromatic rings. The van der Waals surface area contributed by atoms with Crippen LogP contribution in [0.5, 0.6) is 0 Å². The maximum Gasteiger partial charge on any atom is 0.232 e. The number of anilines is 2. The van der Waals surface area contributed by atoms with Gasteiger partial charge in [-0.15, -0.1) is 0 Å². The molecule has 1 heterocycles. The standard InChI is InChI=1S/C14H17BrN2O/c15-10-4-5-11-12(8-10)17-13(18)14(9-16-11)6-2-1-3-7-14/h4-5,8,16H,1-3,6-7,9H2,(H,17,18). The molecule has 3 rings (SSSR count). The van der Waals surface area contributed by atoms with E-state index in [0.29, 0.717) is 0 Å². The Bertz CT molecular complexity index is 481. The Morgan fingerprint density at radius 2 is 1.89 bits per heavy atom. The normalized spacial score (nSPS) is 21.7. The fraction of sp³-hybridized carbons (Fsp3) is 0.500. The number of amides is 1. The number of nitrogens with one attached hydrogen (secondary N) is 2. The fourth-order valence-electron chi connectivity index (χ4n) is 3.01. The maximum absolute atomic E-state index is 12.5. The summed E-state index contributed by atoms with van der Waals surface area (Å²) in [6.07, 6.45) is 5.58. The summed E-state index contributed by atoms with van der Waals surface area (Å²) in [5.74, 6) is 0.187. The summed E-state index contributed by atoms with van der Waals surface area (Å²) in [5.41, 5.74) is 1.70. The Morgan fingerprint density at radius 3 is 2.67 bits per heavy atom. The van der Waals surface area contributed by atoms with Crippen molar-refractivity contribution in [3.8, 4) is 0 Å². The van der Waals surface area contributed by atoms with Crippen LogP contribution < -0.4 is 10.6 Å². The van der Waals surface area contributed by atoms with E-state index < -0.39 is 0 Å². The predicted molar refractivity (Wildman–Crippen MR) is 76.8 cm³/mol. The fourth-order valence-corrected chi connectivity index (χ4v) is 3.37. The minimum absolute atomic E-state index is 0.187. The van der Waals surface area contributed by atoms with Crippen LogP contribution in [0.4, 0.5) is 11.4 Å². The van der Waals surface area contributed by atoms with Crippen LogP contribution in [0.1, 0.15) is 32.1 Å². The van der Waals surface area contributed by atoms with Gasteiger partial charge in [-0.05, 0) is 31.0 Å². The van der Waals surface area contributed by atoms with Crippen LogP contribution in [0.3, 0.4) is 0 Å². The summed E-state index contributed by atoms with van der Waals surface area (Å²) in [6.45, 7) is 0.757.